The maximum atomic E-state index is 12.6. The third-order valence-corrected chi connectivity index (χ3v) is 5.37. The number of carbonyl (C=O) groups is 2. The van der Waals surface area contributed by atoms with Gasteiger partial charge in [0.15, 0.2) is 11.4 Å². The number of furan rings is 1. The number of pyridine rings is 1. The Morgan fingerprint density at radius 2 is 2.16 bits per heavy atom. The van der Waals surface area contributed by atoms with Crippen LogP contribution in [-0.2, 0) is 16.1 Å². The van der Waals surface area contributed by atoms with Gasteiger partial charge in [-0.3, -0.25) is 9.59 Å². The summed E-state index contributed by atoms with van der Waals surface area (Å²) in [5, 5.41) is 16.8. The molecule has 0 radical (unpaired) electrons. The van der Waals surface area contributed by atoms with Crippen molar-refractivity contribution in [3.05, 3.63) is 59.5 Å². The van der Waals surface area contributed by atoms with Crippen molar-refractivity contribution in [3.8, 4) is 0 Å². The van der Waals surface area contributed by atoms with E-state index < -0.39 is 11.5 Å². The van der Waals surface area contributed by atoms with E-state index in [9.17, 15) is 14.7 Å². The number of aromatic nitrogens is 1. The van der Waals surface area contributed by atoms with Crippen LogP contribution in [0.25, 0.3) is 17.0 Å². The van der Waals surface area contributed by atoms with Crippen LogP contribution in [0.5, 0.6) is 0 Å². The van der Waals surface area contributed by atoms with Crippen LogP contribution in [0.15, 0.2) is 47.0 Å². The molecule has 0 aliphatic carbocycles. The number of fused-ring (bicyclic) bond motifs is 2. The Morgan fingerprint density at radius 3 is 2.94 bits per heavy atom. The summed E-state index contributed by atoms with van der Waals surface area (Å²) in [6, 6.07) is 9.55. The van der Waals surface area contributed by atoms with Gasteiger partial charge in [-0.2, -0.15) is 0 Å². The van der Waals surface area contributed by atoms with Crippen molar-refractivity contribution in [2.24, 2.45) is 0 Å². The highest BCUT2D eigenvalue weighted by Gasteiger charge is 2.33. The number of β-amino-alcohol motifs (C(OH)–C–C–N with tert-alkyl or cyclic N) is 1. The van der Waals surface area contributed by atoms with E-state index in [1.165, 1.54) is 13.0 Å². The molecular weight excluding hydrogens is 396 g/mol. The second kappa shape index (κ2) is 7.88. The van der Waals surface area contributed by atoms with Crippen molar-refractivity contribution >= 4 is 40.4 Å². The fourth-order valence-electron chi connectivity index (χ4n) is 3.36. The smallest absolute Gasteiger partial charge is 0.259 e. The molecule has 2 aromatic heterocycles. The first-order valence-corrected chi connectivity index (χ1v) is 9.92. The lowest BCUT2D eigenvalue weighted by atomic mass is 10.1. The molecule has 1 aromatic carbocycles. The summed E-state index contributed by atoms with van der Waals surface area (Å²) in [5.41, 5.74) is 1.55. The molecule has 0 spiro atoms. The van der Waals surface area contributed by atoms with E-state index in [0.29, 0.717) is 23.6 Å². The molecule has 1 atom stereocenters. The van der Waals surface area contributed by atoms with Crippen LogP contribution in [0.2, 0.25) is 0 Å². The number of benzene rings is 1. The standard InChI is InChI=1S/C23H24N4O4/c1-14-16-6-4-5-7-18(16)31-19(14)12-27(3)20(28)9-8-15-10-17-21(24-11-15)26-22(29)23(2,30)13-25-17/h4-11,25,30H,12-13H2,1-3H3,(H,24,26,29)/b9-8+. The Kier molecular flexibility index (Phi) is 5.24. The van der Waals surface area contributed by atoms with Crippen LogP contribution in [0.1, 0.15) is 23.8 Å². The van der Waals surface area contributed by atoms with Crippen molar-refractivity contribution in [2.75, 3.05) is 24.2 Å². The molecule has 31 heavy (non-hydrogen) atoms. The molecule has 3 heterocycles. The summed E-state index contributed by atoms with van der Waals surface area (Å²) in [4.78, 5) is 30.4. The molecule has 160 valence electrons. The first-order chi connectivity index (χ1) is 14.7. The Bertz CT molecular complexity index is 1200. The van der Waals surface area contributed by atoms with Gasteiger partial charge in [0.05, 0.1) is 18.8 Å². The second-order valence-corrected chi connectivity index (χ2v) is 7.92. The number of rotatable bonds is 4. The predicted molar refractivity (Wildman–Crippen MR) is 118 cm³/mol. The molecule has 1 aliphatic rings. The Labute approximate surface area is 179 Å². The van der Waals surface area contributed by atoms with E-state index in [4.69, 9.17) is 4.42 Å². The normalized spacial score (nSPS) is 18.4. The van der Waals surface area contributed by atoms with Crippen LogP contribution in [0.4, 0.5) is 11.5 Å². The lowest BCUT2D eigenvalue weighted by Gasteiger charge is -2.18. The zero-order valence-corrected chi connectivity index (χ0v) is 17.6. The summed E-state index contributed by atoms with van der Waals surface area (Å²) in [6.07, 6.45) is 4.67. The summed E-state index contributed by atoms with van der Waals surface area (Å²) in [7, 11) is 1.72. The third-order valence-electron chi connectivity index (χ3n) is 5.37. The van der Waals surface area contributed by atoms with Crippen molar-refractivity contribution in [1.82, 2.24) is 9.88 Å². The molecule has 2 amide bonds. The summed E-state index contributed by atoms with van der Waals surface area (Å²) < 4.78 is 5.89. The number of aliphatic hydroxyl groups is 1. The zero-order valence-electron chi connectivity index (χ0n) is 17.6. The van der Waals surface area contributed by atoms with Gasteiger partial charge in [0.1, 0.15) is 11.3 Å². The van der Waals surface area contributed by atoms with Gasteiger partial charge in [-0.25, -0.2) is 4.98 Å². The maximum absolute atomic E-state index is 12.6. The molecule has 0 saturated heterocycles. The van der Waals surface area contributed by atoms with Crippen molar-refractivity contribution in [1.29, 1.82) is 0 Å². The molecular formula is C23H24N4O4. The van der Waals surface area contributed by atoms with E-state index in [0.717, 1.165) is 22.3 Å². The van der Waals surface area contributed by atoms with Gasteiger partial charge in [-0.15, -0.1) is 0 Å². The second-order valence-electron chi connectivity index (χ2n) is 7.92. The van der Waals surface area contributed by atoms with Gasteiger partial charge in [0, 0.05) is 30.3 Å². The lowest BCUT2D eigenvalue weighted by molar-refractivity contribution is -0.131. The molecule has 0 saturated carbocycles. The quantitative estimate of drug-likeness (QED) is 0.560. The molecule has 3 aromatic rings. The molecule has 3 N–H and O–H groups in total. The van der Waals surface area contributed by atoms with Crippen molar-refractivity contribution in [2.45, 2.75) is 26.0 Å². The number of nitrogens with one attached hydrogen (secondary N) is 2. The van der Waals surface area contributed by atoms with Crippen LogP contribution in [-0.4, -0.2) is 46.0 Å². The largest absolute Gasteiger partial charge is 0.459 e. The Morgan fingerprint density at radius 1 is 1.39 bits per heavy atom. The number of anilines is 2. The van der Waals surface area contributed by atoms with E-state index >= 15 is 0 Å². The molecule has 8 heteroatoms. The zero-order chi connectivity index (χ0) is 22.2. The van der Waals surface area contributed by atoms with Crippen LogP contribution in [0, 0.1) is 6.92 Å². The summed E-state index contributed by atoms with van der Waals surface area (Å²) in [5.74, 6) is 0.388. The number of aryl methyl sites for hydroxylation is 1. The van der Waals surface area contributed by atoms with Crippen LogP contribution >= 0.6 is 0 Å². The summed E-state index contributed by atoms with van der Waals surface area (Å²) >= 11 is 0. The first kappa shape index (κ1) is 20.6. The minimum absolute atomic E-state index is 0.0548. The molecule has 1 aliphatic heterocycles. The van der Waals surface area contributed by atoms with Gasteiger partial charge in [-0.05, 0) is 37.6 Å². The highest BCUT2D eigenvalue weighted by atomic mass is 16.3. The third kappa shape index (κ3) is 4.15. The number of para-hydroxylation sites is 1. The number of nitrogens with zero attached hydrogens (tertiary/aromatic N) is 2. The minimum Gasteiger partial charge on any atom is -0.459 e. The molecule has 1 unspecified atom stereocenters. The van der Waals surface area contributed by atoms with Crippen LogP contribution in [0.3, 0.4) is 0 Å². The van der Waals surface area contributed by atoms with Crippen molar-refractivity contribution in [3.63, 3.8) is 0 Å². The van der Waals surface area contributed by atoms with Gasteiger partial charge in [0.2, 0.25) is 5.91 Å². The van der Waals surface area contributed by atoms with Gasteiger partial charge in [-0.1, -0.05) is 18.2 Å². The average Bonchev–Trinajstić information content (AvgIpc) is 3.00. The topological polar surface area (TPSA) is 108 Å². The van der Waals surface area contributed by atoms with E-state index in [1.807, 2.05) is 31.2 Å². The monoisotopic (exact) mass is 420 g/mol. The van der Waals surface area contributed by atoms with Gasteiger partial charge < -0.3 is 25.1 Å². The SMILES string of the molecule is Cc1c(CN(C)C(=O)/C=C/c2cnc3c(c2)NCC(C)(O)C(=O)N3)oc2ccccc12. The Balaban J connectivity index is 1.46. The van der Waals surface area contributed by atoms with Crippen LogP contribution < -0.4 is 10.6 Å². The fourth-order valence-corrected chi connectivity index (χ4v) is 3.36. The fraction of sp³-hybridized carbons (Fsp3) is 0.261. The minimum atomic E-state index is -1.54. The van der Waals surface area contributed by atoms with E-state index in [1.54, 1.807) is 30.3 Å². The van der Waals surface area contributed by atoms with Gasteiger partial charge >= 0.3 is 0 Å². The lowest BCUT2D eigenvalue weighted by Crippen LogP contribution is -2.43. The molecule has 0 bridgehead atoms. The number of amides is 2. The number of carbonyl (C=O) groups excluding carboxylic acids is 2. The highest BCUT2D eigenvalue weighted by Crippen LogP contribution is 2.27. The summed E-state index contributed by atoms with van der Waals surface area (Å²) in [6.45, 7) is 3.83. The van der Waals surface area contributed by atoms with Crippen molar-refractivity contribution < 1.29 is 19.1 Å². The number of hydrogen-bond acceptors (Lipinski definition) is 6. The van der Waals surface area contributed by atoms with E-state index in [2.05, 4.69) is 15.6 Å². The first-order valence-electron chi connectivity index (χ1n) is 9.92. The van der Waals surface area contributed by atoms with E-state index in [-0.39, 0.29) is 12.5 Å². The molecule has 0 fully saturated rings. The highest BCUT2D eigenvalue weighted by molar-refractivity contribution is 6.00. The Hall–Kier alpha value is -3.65. The predicted octanol–water partition coefficient (Wildman–Crippen LogP) is 2.92. The van der Waals surface area contributed by atoms with Gasteiger partial charge in [0.25, 0.3) is 5.91 Å². The maximum Gasteiger partial charge on any atom is 0.259 e. The molecule has 4 rings (SSSR count). The number of likely N-dealkylation sites (N-methyl/N-ethyl adjacent to an activating group) is 1. The number of hydrogen-bond donors (Lipinski definition) is 3. The molecule has 8 nitrogen and oxygen atoms in total. The average molecular weight is 420 g/mol.